The van der Waals surface area contributed by atoms with E-state index in [9.17, 15) is 19.5 Å². The molecule has 3 aromatic heterocycles. The average Bonchev–Trinajstić information content (AvgIpc) is 4.00. The van der Waals surface area contributed by atoms with Crippen LogP contribution in [0.1, 0.15) is 194 Å². The van der Waals surface area contributed by atoms with Crippen LogP contribution < -0.4 is 15.5 Å². The van der Waals surface area contributed by atoms with Gasteiger partial charge < -0.3 is 24.5 Å². The number of allylic oxidation sites excluding steroid dienone is 5. The van der Waals surface area contributed by atoms with E-state index in [1.165, 1.54) is 30.2 Å². The van der Waals surface area contributed by atoms with E-state index in [1.807, 2.05) is 45.0 Å². The molecular formula is C55H71N4O6-. The summed E-state index contributed by atoms with van der Waals surface area (Å²) in [7, 11) is 1.27. The zero-order chi connectivity index (χ0) is 47.3. The number of esters is 2. The Morgan fingerprint density at radius 3 is 2.17 bits per heavy atom. The number of aryl methyl sites for hydroxylation is 2. The molecule has 0 fully saturated rings. The van der Waals surface area contributed by atoms with Gasteiger partial charge in [-0.15, -0.1) is 5.76 Å². The Bertz CT molecular complexity index is 2720. The molecule has 5 heterocycles. The van der Waals surface area contributed by atoms with E-state index in [1.54, 1.807) is 6.92 Å². The highest BCUT2D eigenvalue weighted by Gasteiger charge is 2.38. The third-order valence-electron chi connectivity index (χ3n) is 14.1. The molecule has 2 N–H and O–H groups in total. The van der Waals surface area contributed by atoms with Crippen molar-refractivity contribution in [1.29, 1.82) is 0 Å². The predicted octanol–water partition coefficient (Wildman–Crippen LogP) is 10.7. The number of ether oxygens (including phenoxy) is 2. The highest BCUT2D eigenvalue weighted by atomic mass is 16.5. The van der Waals surface area contributed by atoms with Crippen LogP contribution in [0.2, 0.25) is 0 Å². The van der Waals surface area contributed by atoms with Crippen molar-refractivity contribution in [3.8, 4) is 0 Å². The Morgan fingerprint density at radius 1 is 0.815 bits per heavy atom. The minimum atomic E-state index is -0.740. The Kier molecular flexibility index (Phi) is 16.0. The van der Waals surface area contributed by atoms with Gasteiger partial charge in [0.25, 0.3) is 0 Å². The summed E-state index contributed by atoms with van der Waals surface area (Å²) < 4.78 is 11.0. The normalized spacial score (nSPS) is 19.4. The maximum Gasteiger partial charge on any atom is 0.342 e. The molecule has 10 heteroatoms. The molecule has 6 rings (SSSR count). The van der Waals surface area contributed by atoms with Gasteiger partial charge in [-0.3, -0.25) is 19.6 Å². The summed E-state index contributed by atoms with van der Waals surface area (Å²) in [5, 5.41) is 14.2. The number of aromatic nitrogens is 4. The van der Waals surface area contributed by atoms with E-state index in [2.05, 4.69) is 70.6 Å². The minimum absolute atomic E-state index is 0.0593. The lowest BCUT2D eigenvalue weighted by Gasteiger charge is -2.16. The van der Waals surface area contributed by atoms with Gasteiger partial charge in [-0.05, 0) is 139 Å². The number of H-pyrrole nitrogens is 2. The van der Waals surface area contributed by atoms with E-state index in [0.29, 0.717) is 56.3 Å². The minimum Gasteiger partial charge on any atom is -0.875 e. The number of nitrogens with one attached hydrogen (secondary N) is 2. The summed E-state index contributed by atoms with van der Waals surface area (Å²) >= 11 is 0. The molecule has 0 saturated heterocycles. The molecule has 0 amide bonds. The molecule has 0 aromatic carbocycles. The molecule has 0 saturated carbocycles. The first-order chi connectivity index (χ1) is 30.9. The number of carbonyl (C=O) groups is 3. The first-order valence-corrected chi connectivity index (χ1v) is 23.8. The molecular weight excluding hydrogens is 813 g/mol. The monoisotopic (exact) mass is 884 g/mol. The number of ketones is 1. The van der Waals surface area contributed by atoms with Gasteiger partial charge in [0.1, 0.15) is 12.2 Å². The Balaban J connectivity index is 1.28. The maximum absolute atomic E-state index is 14.4. The van der Waals surface area contributed by atoms with Gasteiger partial charge in [0.15, 0.2) is 0 Å². The summed E-state index contributed by atoms with van der Waals surface area (Å²) in [6, 6.07) is 5.96. The lowest BCUT2D eigenvalue weighted by molar-refractivity contribution is -0.248. The number of fused-ring (bicyclic) bond motifs is 8. The number of hydrogen-bond acceptors (Lipinski definition) is 8. The second-order valence-electron chi connectivity index (χ2n) is 19.2. The molecule has 0 spiro atoms. The van der Waals surface area contributed by atoms with Crippen LogP contribution in [0.4, 0.5) is 0 Å². The average molecular weight is 884 g/mol. The molecule has 10 nitrogen and oxygen atoms in total. The Hall–Kier alpha value is -5.51. The van der Waals surface area contributed by atoms with Crippen LogP contribution in [-0.4, -0.2) is 51.4 Å². The van der Waals surface area contributed by atoms with Gasteiger partial charge in [-0.1, -0.05) is 69.9 Å². The third kappa shape index (κ3) is 10.8. The predicted molar refractivity (Wildman–Crippen MR) is 260 cm³/mol. The number of hydrogen-bond donors (Lipinski definition) is 2. The van der Waals surface area contributed by atoms with Crippen molar-refractivity contribution in [3.05, 3.63) is 103 Å². The van der Waals surface area contributed by atoms with Gasteiger partial charge in [-0.2, -0.15) is 0 Å². The topological polar surface area (TPSA) is 150 Å². The molecule has 8 bridgehead atoms. The summed E-state index contributed by atoms with van der Waals surface area (Å²) in [6.07, 6.45) is 15.8. The van der Waals surface area contributed by atoms with E-state index in [-0.39, 0.29) is 54.0 Å². The lowest BCUT2D eigenvalue weighted by atomic mass is 9.86. The highest BCUT2D eigenvalue weighted by molar-refractivity contribution is 6.48. The molecule has 0 radical (unpaired) electrons. The van der Waals surface area contributed by atoms with E-state index >= 15 is 0 Å². The van der Waals surface area contributed by atoms with Gasteiger partial charge in [0.2, 0.25) is 5.78 Å². The number of nitrogens with zero attached hydrogens (tertiary/aromatic N) is 2. The van der Waals surface area contributed by atoms with Gasteiger partial charge in [0, 0.05) is 68.9 Å². The second-order valence-corrected chi connectivity index (χ2v) is 19.2. The van der Waals surface area contributed by atoms with Crippen LogP contribution in [-0.2, 0) is 19.1 Å². The fourth-order valence-electron chi connectivity index (χ4n) is 10.1. The summed E-state index contributed by atoms with van der Waals surface area (Å²) in [4.78, 5) is 58.8. The third-order valence-corrected chi connectivity index (χ3v) is 14.1. The van der Waals surface area contributed by atoms with E-state index < -0.39 is 11.8 Å². The molecule has 65 heavy (non-hydrogen) atoms. The Morgan fingerprint density at radius 2 is 1.48 bits per heavy atom. The van der Waals surface area contributed by atoms with Crippen molar-refractivity contribution in [3.63, 3.8) is 0 Å². The van der Waals surface area contributed by atoms with Crippen molar-refractivity contribution in [2.24, 2.45) is 5.92 Å². The van der Waals surface area contributed by atoms with Crippen molar-refractivity contribution in [2.45, 2.75) is 164 Å². The summed E-state index contributed by atoms with van der Waals surface area (Å²) in [5.74, 6) is -1.29. The van der Waals surface area contributed by atoms with Crippen molar-refractivity contribution < 1.29 is 29.0 Å². The van der Waals surface area contributed by atoms with Gasteiger partial charge >= 0.3 is 11.9 Å². The van der Waals surface area contributed by atoms with Gasteiger partial charge in [0.05, 0.1) is 23.9 Å². The molecule has 2 unspecified atom stereocenters. The largest absolute Gasteiger partial charge is 0.875 e. The van der Waals surface area contributed by atoms with Crippen LogP contribution in [0.15, 0.2) is 53.1 Å². The smallest absolute Gasteiger partial charge is 0.342 e. The van der Waals surface area contributed by atoms with Crippen LogP contribution in [0.5, 0.6) is 0 Å². The summed E-state index contributed by atoms with van der Waals surface area (Å²) in [6.45, 7) is 22.9. The molecule has 5 atom stereocenters. The highest BCUT2D eigenvalue weighted by Crippen LogP contribution is 2.41. The molecule has 348 valence electrons. The fourth-order valence-corrected chi connectivity index (χ4v) is 10.1. The number of aromatic amines is 2. The molecule has 2 aliphatic heterocycles. The standard InChI is InChI=1S/C55H72N4O6/c1-13-39-34(7)41-29-46-48(38(11)60)36(9)43(57-46)27-42-35(8)40(52(58-42)50-51(55(63)64-12)54(62)49-37(10)44(59-53(49)50)28-45(39)56-41)23-24-47(61)65-26-25-33(6)22-16-21-32(5)20-15-19-31(4)18-14-17-30(2)3/h17,19,25,27-29,32,34-35,39-40,57,59-60H,13-16,18,20-24,26H2,1-12H3/p-1/b31-19+,33-25+,42-27?,45-28?,46-29?,48-38-/t32-,34?,35+,39?,40+/m1/s1. The quantitative estimate of drug-likeness (QED) is 0.100. The fraction of sp³-hybridized carbons (Fsp3) is 0.509. The number of methoxy groups -OCH3 is 1. The van der Waals surface area contributed by atoms with E-state index in [4.69, 9.17) is 19.4 Å². The number of carbonyl (C=O) groups excluding carboxylic acids is 3. The summed E-state index contributed by atoms with van der Waals surface area (Å²) in [5.41, 5.74) is 11.6. The van der Waals surface area contributed by atoms with Crippen LogP contribution in [0.25, 0.3) is 33.4 Å². The molecule has 3 aromatic rings. The van der Waals surface area contributed by atoms with Crippen molar-refractivity contribution in [1.82, 2.24) is 19.9 Å². The zero-order valence-corrected chi connectivity index (χ0v) is 41.0. The van der Waals surface area contributed by atoms with Crippen molar-refractivity contribution >= 4 is 51.1 Å². The first kappa shape index (κ1) is 48.9. The zero-order valence-electron chi connectivity index (χ0n) is 41.0. The van der Waals surface area contributed by atoms with Gasteiger partial charge in [-0.25, -0.2) is 4.79 Å². The van der Waals surface area contributed by atoms with Crippen LogP contribution in [0, 0.1) is 19.8 Å². The molecule has 3 aliphatic rings. The van der Waals surface area contributed by atoms with Crippen molar-refractivity contribution in [2.75, 3.05) is 13.7 Å². The first-order valence-electron chi connectivity index (χ1n) is 23.8. The van der Waals surface area contributed by atoms with E-state index in [0.717, 1.165) is 72.9 Å². The SMILES string of the molecule is CCC1c2cc3[nH]c4c(c3C)C(=O)C(C(=O)OC)=c4c3nc(cc4[nH]c(cc(n2)C1C)/c(=C(/C)[O-])c4C)[C@@H](C)[C@@H]3CCC(=O)OC/C=C(\C)CCC[C@H](C)CC/C=C(\C)CCC=C(C)C. The van der Waals surface area contributed by atoms with Crippen LogP contribution in [0.3, 0.4) is 0 Å². The number of Topliss-reactive ketones (excluding diaryl/α,β-unsaturated/α-hetero) is 1. The lowest BCUT2D eigenvalue weighted by Crippen LogP contribution is -2.22. The maximum atomic E-state index is 14.4. The second kappa shape index (κ2) is 21.2. The molecule has 1 aliphatic carbocycles. The number of rotatable bonds is 17. The van der Waals surface area contributed by atoms with Crippen LogP contribution >= 0.6 is 0 Å². The Labute approximate surface area is 385 Å².